The summed E-state index contributed by atoms with van der Waals surface area (Å²) in [6.07, 6.45) is 9.76. The largest absolute Gasteiger partial charge is 0.339 e. The zero-order valence-electron chi connectivity index (χ0n) is 10.8. The SMILES string of the molecule is NC1(c2noc(C3CC4CCC3C4)n2)CCCC1. The lowest BCUT2D eigenvalue weighted by atomic mass is 9.89. The molecular formula is C14H21N3O. The topological polar surface area (TPSA) is 64.9 Å². The maximum absolute atomic E-state index is 6.38. The van der Waals surface area contributed by atoms with E-state index in [1.165, 1.54) is 38.5 Å². The standard InChI is InChI=1S/C14H21N3O/c15-14(5-1-2-6-14)13-16-12(18-17-13)11-8-9-3-4-10(11)7-9/h9-11H,1-8,15H2. The minimum Gasteiger partial charge on any atom is -0.339 e. The second-order valence-electron chi connectivity index (χ2n) is 6.60. The van der Waals surface area contributed by atoms with Gasteiger partial charge >= 0.3 is 0 Å². The monoisotopic (exact) mass is 247 g/mol. The zero-order valence-corrected chi connectivity index (χ0v) is 10.8. The van der Waals surface area contributed by atoms with E-state index in [4.69, 9.17) is 10.3 Å². The van der Waals surface area contributed by atoms with Crippen molar-refractivity contribution >= 4 is 0 Å². The van der Waals surface area contributed by atoms with Gasteiger partial charge in [-0.15, -0.1) is 0 Å². The van der Waals surface area contributed by atoms with Gasteiger partial charge in [0.2, 0.25) is 5.89 Å². The van der Waals surface area contributed by atoms with Gasteiger partial charge in [0.1, 0.15) is 0 Å². The van der Waals surface area contributed by atoms with Crippen molar-refractivity contribution in [2.24, 2.45) is 17.6 Å². The van der Waals surface area contributed by atoms with Crippen molar-refractivity contribution in [2.45, 2.75) is 62.8 Å². The van der Waals surface area contributed by atoms with E-state index in [1.807, 2.05) is 0 Å². The molecule has 3 unspecified atom stereocenters. The molecule has 18 heavy (non-hydrogen) atoms. The molecule has 3 fully saturated rings. The van der Waals surface area contributed by atoms with Crippen LogP contribution in [0.25, 0.3) is 0 Å². The molecule has 1 aromatic heterocycles. The van der Waals surface area contributed by atoms with Crippen LogP contribution in [0.4, 0.5) is 0 Å². The van der Waals surface area contributed by atoms with Crippen molar-refractivity contribution in [3.63, 3.8) is 0 Å². The van der Waals surface area contributed by atoms with Crippen LogP contribution in [0, 0.1) is 11.8 Å². The summed E-state index contributed by atoms with van der Waals surface area (Å²) in [5.74, 6) is 3.86. The third-order valence-electron chi connectivity index (χ3n) is 5.44. The first kappa shape index (κ1) is 11.0. The summed E-state index contributed by atoms with van der Waals surface area (Å²) >= 11 is 0. The second kappa shape index (κ2) is 3.80. The van der Waals surface area contributed by atoms with Crippen molar-refractivity contribution < 1.29 is 4.52 Å². The molecule has 0 saturated heterocycles. The lowest BCUT2D eigenvalue weighted by molar-refractivity contribution is 0.295. The summed E-state index contributed by atoms with van der Waals surface area (Å²) < 4.78 is 5.54. The Balaban J connectivity index is 1.58. The number of aromatic nitrogens is 2. The van der Waals surface area contributed by atoms with E-state index in [-0.39, 0.29) is 5.54 Å². The maximum Gasteiger partial charge on any atom is 0.230 e. The predicted octanol–water partition coefficient (Wildman–Crippen LogP) is 2.70. The molecule has 4 rings (SSSR count). The number of fused-ring (bicyclic) bond motifs is 2. The number of hydrogen-bond acceptors (Lipinski definition) is 4. The van der Waals surface area contributed by atoms with Crippen LogP contribution in [0.15, 0.2) is 4.52 Å². The van der Waals surface area contributed by atoms with Crippen molar-refractivity contribution in [2.75, 3.05) is 0 Å². The van der Waals surface area contributed by atoms with Crippen LogP contribution in [-0.2, 0) is 5.54 Å². The highest BCUT2D eigenvalue weighted by Crippen LogP contribution is 2.52. The number of rotatable bonds is 2. The Morgan fingerprint density at radius 1 is 1.17 bits per heavy atom. The fourth-order valence-electron chi connectivity index (χ4n) is 4.36. The second-order valence-corrected chi connectivity index (χ2v) is 6.60. The van der Waals surface area contributed by atoms with Gasteiger partial charge in [-0.3, -0.25) is 0 Å². The molecule has 0 aromatic carbocycles. The van der Waals surface area contributed by atoms with E-state index in [1.54, 1.807) is 0 Å². The molecule has 0 aliphatic heterocycles. The fourth-order valence-corrected chi connectivity index (χ4v) is 4.36. The van der Waals surface area contributed by atoms with Crippen LogP contribution in [0.5, 0.6) is 0 Å². The van der Waals surface area contributed by atoms with Gasteiger partial charge in [0, 0.05) is 5.92 Å². The number of nitrogens with zero attached hydrogens (tertiary/aromatic N) is 2. The van der Waals surface area contributed by atoms with Gasteiger partial charge < -0.3 is 10.3 Å². The number of nitrogens with two attached hydrogens (primary N) is 1. The van der Waals surface area contributed by atoms with Gasteiger partial charge in [-0.1, -0.05) is 24.4 Å². The van der Waals surface area contributed by atoms with Crippen LogP contribution in [0.3, 0.4) is 0 Å². The molecule has 0 radical (unpaired) electrons. The molecule has 1 heterocycles. The van der Waals surface area contributed by atoms with Gasteiger partial charge in [-0.2, -0.15) is 4.98 Å². The Hall–Kier alpha value is -0.900. The van der Waals surface area contributed by atoms with Crippen LogP contribution in [-0.4, -0.2) is 10.1 Å². The van der Waals surface area contributed by atoms with Crippen LogP contribution >= 0.6 is 0 Å². The minimum absolute atomic E-state index is 0.306. The minimum atomic E-state index is -0.306. The van der Waals surface area contributed by atoms with E-state index < -0.39 is 0 Å². The average molecular weight is 247 g/mol. The molecule has 1 aromatic rings. The molecule has 0 spiro atoms. The van der Waals surface area contributed by atoms with Crippen LogP contribution in [0.2, 0.25) is 0 Å². The fraction of sp³-hybridized carbons (Fsp3) is 0.857. The molecule has 3 saturated carbocycles. The summed E-state index contributed by atoms with van der Waals surface area (Å²) in [7, 11) is 0. The third-order valence-corrected chi connectivity index (χ3v) is 5.44. The molecular weight excluding hydrogens is 226 g/mol. The first-order valence-electron chi connectivity index (χ1n) is 7.37. The Morgan fingerprint density at radius 3 is 2.67 bits per heavy atom. The Kier molecular flexibility index (Phi) is 2.31. The molecule has 3 atom stereocenters. The van der Waals surface area contributed by atoms with Crippen LogP contribution < -0.4 is 5.73 Å². The lowest BCUT2D eigenvalue weighted by Crippen LogP contribution is -2.34. The van der Waals surface area contributed by atoms with E-state index in [9.17, 15) is 0 Å². The Morgan fingerprint density at radius 2 is 2.00 bits per heavy atom. The highest BCUT2D eigenvalue weighted by Gasteiger charge is 2.44. The van der Waals surface area contributed by atoms with Gasteiger partial charge in [0.25, 0.3) is 0 Å². The lowest BCUT2D eigenvalue weighted by Gasteiger charge is -2.19. The molecule has 3 aliphatic rings. The molecule has 3 aliphatic carbocycles. The van der Waals surface area contributed by atoms with E-state index in [0.29, 0.717) is 5.92 Å². The van der Waals surface area contributed by atoms with E-state index in [2.05, 4.69) is 10.1 Å². The summed E-state index contributed by atoms with van der Waals surface area (Å²) in [4.78, 5) is 4.66. The summed E-state index contributed by atoms with van der Waals surface area (Å²) in [6, 6.07) is 0. The molecule has 0 amide bonds. The van der Waals surface area contributed by atoms with Crippen molar-refractivity contribution in [3.05, 3.63) is 11.7 Å². The molecule has 2 bridgehead atoms. The van der Waals surface area contributed by atoms with Gasteiger partial charge in [0.15, 0.2) is 5.82 Å². The average Bonchev–Trinajstić information content (AvgIpc) is 3.13. The first-order chi connectivity index (χ1) is 8.74. The van der Waals surface area contributed by atoms with Gasteiger partial charge in [0.05, 0.1) is 5.54 Å². The molecule has 98 valence electrons. The summed E-state index contributed by atoms with van der Waals surface area (Å²) in [5, 5.41) is 4.19. The first-order valence-corrected chi connectivity index (χ1v) is 7.37. The Labute approximate surface area is 107 Å². The third kappa shape index (κ3) is 1.54. The van der Waals surface area contributed by atoms with E-state index >= 15 is 0 Å². The zero-order chi connectivity index (χ0) is 12.2. The normalized spacial score (nSPS) is 37.5. The highest BCUT2D eigenvalue weighted by atomic mass is 16.5. The number of hydrogen-bond donors (Lipinski definition) is 1. The molecule has 2 N–H and O–H groups in total. The quantitative estimate of drug-likeness (QED) is 0.872. The van der Waals surface area contributed by atoms with Gasteiger partial charge in [-0.05, 0) is 43.9 Å². The highest BCUT2D eigenvalue weighted by molar-refractivity contribution is 5.10. The smallest absolute Gasteiger partial charge is 0.230 e. The maximum atomic E-state index is 6.38. The molecule has 4 heteroatoms. The summed E-state index contributed by atoms with van der Waals surface area (Å²) in [6.45, 7) is 0. The Bertz CT molecular complexity index is 450. The van der Waals surface area contributed by atoms with Crippen molar-refractivity contribution in [1.29, 1.82) is 0 Å². The van der Waals surface area contributed by atoms with Crippen molar-refractivity contribution in [3.8, 4) is 0 Å². The van der Waals surface area contributed by atoms with Crippen molar-refractivity contribution in [1.82, 2.24) is 10.1 Å². The van der Waals surface area contributed by atoms with Crippen LogP contribution in [0.1, 0.15) is 69.0 Å². The van der Waals surface area contributed by atoms with E-state index in [0.717, 1.165) is 36.4 Å². The molecule has 4 nitrogen and oxygen atoms in total. The predicted molar refractivity (Wildman–Crippen MR) is 66.8 cm³/mol. The summed E-state index contributed by atoms with van der Waals surface area (Å²) in [5.41, 5.74) is 6.08. The van der Waals surface area contributed by atoms with Gasteiger partial charge in [-0.25, -0.2) is 0 Å².